The number of aromatic nitrogens is 4. The second kappa shape index (κ2) is 9.04. The van der Waals surface area contributed by atoms with Crippen LogP contribution in [0.4, 0.5) is 0 Å². The monoisotopic (exact) mass is 520 g/mol. The van der Waals surface area contributed by atoms with E-state index in [0.717, 1.165) is 34.6 Å². The zero-order valence-electron chi connectivity index (χ0n) is 21.1. The number of aliphatic hydroxyl groups excluding tert-OH is 1. The minimum absolute atomic E-state index is 0.162. The van der Waals surface area contributed by atoms with Crippen molar-refractivity contribution < 1.29 is 14.6 Å². The number of methoxy groups -OCH3 is 1. The van der Waals surface area contributed by atoms with Gasteiger partial charge >= 0.3 is 0 Å². The number of hydrogen-bond acceptors (Lipinski definition) is 7. The molecule has 1 saturated carbocycles. The van der Waals surface area contributed by atoms with Gasteiger partial charge in [0.2, 0.25) is 0 Å². The summed E-state index contributed by atoms with van der Waals surface area (Å²) in [5.41, 5.74) is 10.0. The molecular weight excluding hydrogens is 488 g/mol. The third-order valence-electron chi connectivity index (χ3n) is 7.76. The zero-order valence-corrected chi connectivity index (χ0v) is 22.0. The van der Waals surface area contributed by atoms with Crippen molar-refractivity contribution >= 4 is 40.6 Å². The van der Waals surface area contributed by atoms with E-state index in [0.29, 0.717) is 42.1 Å². The van der Waals surface area contributed by atoms with E-state index in [1.54, 1.807) is 24.1 Å². The third kappa shape index (κ3) is 4.07. The summed E-state index contributed by atoms with van der Waals surface area (Å²) in [5.74, 6) is 1.75. The van der Waals surface area contributed by atoms with E-state index in [1.807, 2.05) is 23.9 Å². The van der Waals surface area contributed by atoms with Gasteiger partial charge in [-0.15, -0.1) is 12.6 Å². The lowest BCUT2D eigenvalue weighted by molar-refractivity contribution is 0.0379. The second-order valence-corrected chi connectivity index (χ2v) is 11.2. The summed E-state index contributed by atoms with van der Waals surface area (Å²) in [6.07, 6.45) is 5.50. The minimum Gasteiger partial charge on any atom is -0.494 e. The summed E-state index contributed by atoms with van der Waals surface area (Å²) in [6, 6.07) is 9.53. The van der Waals surface area contributed by atoms with Crippen molar-refractivity contribution in [2.45, 2.75) is 43.1 Å². The standard InChI is InChI=1S/C27H32N6O3S/c1-31-23-20(30-25(31)21-11-17-4-3-9-29-24(17)32(21)13-16-5-6-16)10-18(12-22(23)36-2)26(35)33-14-19(28)7-8-27(33,37)15-34/h3-4,9-12,16,19,34,37H,5-8,13-15,28H2,1-2H3/t19-,27+/m1/s1. The average Bonchev–Trinajstić information content (AvgIpc) is 3.58. The van der Waals surface area contributed by atoms with Gasteiger partial charge in [0.15, 0.2) is 5.82 Å². The molecule has 37 heavy (non-hydrogen) atoms. The first-order valence-corrected chi connectivity index (χ1v) is 13.2. The molecule has 0 radical (unpaired) electrons. The van der Waals surface area contributed by atoms with Gasteiger partial charge in [-0.3, -0.25) is 4.79 Å². The summed E-state index contributed by atoms with van der Waals surface area (Å²) in [7, 11) is 3.56. The summed E-state index contributed by atoms with van der Waals surface area (Å²) < 4.78 is 10.0. The number of hydrogen-bond donors (Lipinski definition) is 3. The molecule has 1 aromatic carbocycles. The third-order valence-corrected chi connectivity index (χ3v) is 8.36. The molecule has 2 fully saturated rings. The zero-order chi connectivity index (χ0) is 25.9. The normalized spacial score (nSPS) is 22.2. The highest BCUT2D eigenvalue weighted by Crippen LogP contribution is 2.38. The minimum atomic E-state index is -0.957. The number of ether oxygens (including phenoxy) is 1. The van der Waals surface area contributed by atoms with Crippen LogP contribution in [0.5, 0.6) is 5.75 Å². The van der Waals surface area contributed by atoms with Gasteiger partial charge in [-0.1, -0.05) is 0 Å². The number of carbonyl (C=O) groups is 1. The fraction of sp³-hybridized carbons (Fsp3) is 0.444. The van der Waals surface area contributed by atoms with Crippen LogP contribution in [0.25, 0.3) is 33.6 Å². The molecular formula is C27H32N6O3S. The number of benzene rings is 1. The van der Waals surface area contributed by atoms with Crippen LogP contribution >= 0.6 is 12.6 Å². The fourth-order valence-corrected chi connectivity index (χ4v) is 5.78. The molecule has 1 aliphatic carbocycles. The summed E-state index contributed by atoms with van der Waals surface area (Å²) in [4.78, 5) is 24.0. The van der Waals surface area contributed by atoms with Crippen LogP contribution < -0.4 is 10.5 Å². The molecule has 9 nitrogen and oxygen atoms in total. The van der Waals surface area contributed by atoms with Gasteiger partial charge in [0.25, 0.3) is 5.91 Å². The van der Waals surface area contributed by atoms with Crippen LogP contribution in [0.1, 0.15) is 36.0 Å². The SMILES string of the molecule is COc1cc(C(=O)N2C[C@H](N)CC[C@]2(S)CO)cc2nc(-c3cc4cccnc4n3CC3CC3)n(C)c12. The fourth-order valence-electron chi connectivity index (χ4n) is 5.47. The Bertz CT molecular complexity index is 1510. The number of rotatable bonds is 6. The summed E-state index contributed by atoms with van der Waals surface area (Å²) in [6.45, 7) is 0.979. The molecule has 2 atom stereocenters. The number of aliphatic hydroxyl groups is 1. The maximum atomic E-state index is 13.7. The number of nitrogens with zero attached hydrogens (tertiary/aromatic N) is 5. The number of amides is 1. The predicted octanol–water partition coefficient (Wildman–Crippen LogP) is 3.19. The van der Waals surface area contributed by atoms with Gasteiger partial charge < -0.3 is 29.6 Å². The average molecular weight is 521 g/mol. The molecule has 1 amide bonds. The largest absolute Gasteiger partial charge is 0.494 e. The van der Waals surface area contributed by atoms with Gasteiger partial charge in [0.05, 0.1) is 24.9 Å². The highest BCUT2D eigenvalue weighted by atomic mass is 32.1. The maximum Gasteiger partial charge on any atom is 0.255 e. The first-order valence-electron chi connectivity index (χ1n) is 12.7. The van der Waals surface area contributed by atoms with E-state index in [4.69, 9.17) is 15.5 Å². The van der Waals surface area contributed by atoms with E-state index in [2.05, 4.69) is 34.3 Å². The van der Waals surface area contributed by atoms with E-state index in [1.165, 1.54) is 12.8 Å². The molecule has 2 aliphatic rings. The number of fused-ring (bicyclic) bond motifs is 2. The molecule has 4 aromatic rings. The van der Waals surface area contributed by atoms with Crippen LogP contribution in [-0.2, 0) is 13.6 Å². The summed E-state index contributed by atoms with van der Waals surface area (Å²) in [5, 5.41) is 11.1. The molecule has 0 bridgehead atoms. The molecule has 4 heterocycles. The second-order valence-electron chi connectivity index (χ2n) is 10.4. The Morgan fingerprint density at radius 2 is 2.11 bits per heavy atom. The Kier molecular flexibility index (Phi) is 5.93. The molecule has 3 aromatic heterocycles. The Balaban J connectivity index is 1.47. The van der Waals surface area contributed by atoms with Crippen molar-refractivity contribution in [2.24, 2.45) is 18.7 Å². The lowest BCUT2D eigenvalue weighted by atomic mass is 9.97. The van der Waals surface area contributed by atoms with Gasteiger partial charge in [-0.2, -0.15) is 0 Å². The molecule has 1 saturated heterocycles. The van der Waals surface area contributed by atoms with E-state index < -0.39 is 4.87 Å². The molecule has 1 aliphatic heterocycles. The van der Waals surface area contributed by atoms with Crippen LogP contribution in [0.15, 0.2) is 36.5 Å². The van der Waals surface area contributed by atoms with Crippen molar-refractivity contribution in [3.63, 3.8) is 0 Å². The van der Waals surface area contributed by atoms with Crippen molar-refractivity contribution in [2.75, 3.05) is 20.3 Å². The molecule has 6 rings (SSSR count). The maximum absolute atomic E-state index is 13.7. The van der Waals surface area contributed by atoms with Gasteiger partial charge in [0, 0.05) is 43.3 Å². The van der Waals surface area contributed by atoms with Gasteiger partial charge in [-0.05, 0) is 61.9 Å². The summed E-state index contributed by atoms with van der Waals surface area (Å²) >= 11 is 4.67. The predicted molar refractivity (Wildman–Crippen MR) is 146 cm³/mol. The van der Waals surface area contributed by atoms with Crippen molar-refractivity contribution in [1.29, 1.82) is 0 Å². The number of nitrogens with two attached hydrogens (primary N) is 1. The lowest BCUT2D eigenvalue weighted by Crippen LogP contribution is -2.58. The number of pyridine rings is 1. The number of imidazole rings is 1. The first kappa shape index (κ1) is 24.3. The number of aryl methyl sites for hydroxylation is 1. The van der Waals surface area contributed by atoms with Crippen molar-refractivity contribution in [3.05, 3.63) is 42.1 Å². The quantitative estimate of drug-likeness (QED) is 0.337. The number of thiol groups is 1. The van der Waals surface area contributed by atoms with Gasteiger partial charge in [0.1, 0.15) is 21.8 Å². The van der Waals surface area contributed by atoms with Crippen LogP contribution in [-0.4, -0.2) is 66.2 Å². The molecule has 0 unspecified atom stereocenters. The van der Waals surface area contributed by atoms with E-state index in [9.17, 15) is 9.90 Å². The Labute approximate surface area is 220 Å². The van der Waals surface area contributed by atoms with Crippen LogP contribution in [0.2, 0.25) is 0 Å². The van der Waals surface area contributed by atoms with Crippen LogP contribution in [0, 0.1) is 5.92 Å². The van der Waals surface area contributed by atoms with Crippen molar-refractivity contribution in [1.82, 2.24) is 24.0 Å². The van der Waals surface area contributed by atoms with Crippen molar-refractivity contribution in [3.8, 4) is 17.3 Å². The Morgan fingerprint density at radius 1 is 1.30 bits per heavy atom. The van der Waals surface area contributed by atoms with E-state index >= 15 is 0 Å². The van der Waals surface area contributed by atoms with Crippen LogP contribution in [0.3, 0.4) is 0 Å². The number of likely N-dealkylation sites (tertiary alicyclic amines) is 1. The first-order chi connectivity index (χ1) is 17.8. The lowest BCUT2D eigenvalue weighted by Gasteiger charge is -2.45. The highest BCUT2D eigenvalue weighted by Gasteiger charge is 2.41. The van der Waals surface area contributed by atoms with E-state index in [-0.39, 0.29) is 18.6 Å². The smallest absolute Gasteiger partial charge is 0.255 e. The Morgan fingerprint density at radius 3 is 2.84 bits per heavy atom. The molecule has 0 spiro atoms. The number of piperidine rings is 1. The Hall–Kier alpha value is -3.08. The molecule has 3 N–H and O–H groups in total. The highest BCUT2D eigenvalue weighted by molar-refractivity contribution is 7.81. The topological polar surface area (TPSA) is 111 Å². The molecule has 10 heteroatoms. The number of carbonyl (C=O) groups excluding carboxylic acids is 1. The molecule has 194 valence electrons. The van der Waals surface area contributed by atoms with Gasteiger partial charge in [-0.25, -0.2) is 9.97 Å².